The Morgan fingerprint density at radius 2 is 1.96 bits per heavy atom. The van der Waals surface area contributed by atoms with Crippen molar-refractivity contribution in [1.82, 2.24) is 0 Å². The second-order valence-corrected chi connectivity index (χ2v) is 14.5. The van der Waals surface area contributed by atoms with E-state index in [0.717, 1.165) is 17.7 Å². The van der Waals surface area contributed by atoms with Crippen LogP contribution in [-0.4, -0.2) is 77.5 Å². The van der Waals surface area contributed by atoms with Gasteiger partial charge in [0.25, 0.3) is 0 Å². The average molecular weight is 640 g/mol. The van der Waals surface area contributed by atoms with Gasteiger partial charge in [0, 0.05) is 25.2 Å². The predicted molar refractivity (Wildman–Crippen MR) is 176 cm³/mol. The highest BCUT2D eigenvalue weighted by Gasteiger charge is 2.60. The molecule has 1 spiro atoms. The lowest BCUT2D eigenvalue weighted by atomic mass is 9.71. The van der Waals surface area contributed by atoms with E-state index in [0.29, 0.717) is 42.7 Å². The van der Waals surface area contributed by atoms with Crippen LogP contribution in [0.1, 0.15) is 80.6 Å². The van der Waals surface area contributed by atoms with Crippen molar-refractivity contribution in [2.75, 3.05) is 13.7 Å². The van der Waals surface area contributed by atoms with Crippen LogP contribution >= 0.6 is 0 Å². The summed E-state index contributed by atoms with van der Waals surface area (Å²) in [6.45, 7) is 14.6. The Hall–Kier alpha value is -2.56. The predicted octanol–water partition coefficient (Wildman–Crippen LogP) is 5.73. The highest BCUT2D eigenvalue weighted by Crippen LogP contribution is 2.47. The zero-order valence-corrected chi connectivity index (χ0v) is 28.7. The van der Waals surface area contributed by atoms with E-state index in [-0.39, 0.29) is 30.7 Å². The minimum Gasteiger partial charge on any atom is -0.462 e. The number of hydrogen-bond acceptors (Lipinski definition) is 9. The van der Waals surface area contributed by atoms with Crippen molar-refractivity contribution in [2.45, 2.75) is 122 Å². The van der Waals surface area contributed by atoms with Gasteiger partial charge in [0.05, 0.1) is 24.5 Å². The molecule has 10 atom stereocenters. The van der Waals surface area contributed by atoms with Crippen molar-refractivity contribution >= 4 is 11.7 Å². The maximum absolute atomic E-state index is 14.2. The van der Waals surface area contributed by atoms with E-state index in [1.165, 1.54) is 5.57 Å². The second kappa shape index (κ2) is 13.9. The monoisotopic (exact) mass is 639 g/mol. The molecule has 2 N–H and O–H groups in total. The number of oxime groups is 1. The first kappa shape index (κ1) is 34.8. The SMILES string of the molecule is CO/N=C1\C[C@]2(C[C@@H]3C[C@@H](C/C=C(\C)C[C@@H](C)/C=C/C=C4CO[C@@H]5[C@H](O)C(C)=C[C@H](C(=O)O3)[C@]45O)O2)O[C@H](/C(C)=C/C(C)C)[C@H]1C. The Balaban J connectivity index is 1.55. The fraction of sp³-hybridized carbons (Fsp3) is 0.676. The highest BCUT2D eigenvalue weighted by atomic mass is 16.7. The van der Waals surface area contributed by atoms with Gasteiger partial charge in [-0.25, -0.2) is 0 Å². The molecule has 46 heavy (non-hydrogen) atoms. The molecule has 0 unspecified atom stereocenters. The number of nitrogens with zero attached hydrogens (tertiary/aromatic N) is 1. The van der Waals surface area contributed by atoms with Crippen LogP contribution in [0.2, 0.25) is 0 Å². The fourth-order valence-electron chi connectivity index (χ4n) is 7.94. The average Bonchev–Trinajstić information content (AvgIpc) is 3.31. The summed E-state index contributed by atoms with van der Waals surface area (Å²) in [6, 6.07) is 0. The van der Waals surface area contributed by atoms with Crippen LogP contribution in [0.5, 0.6) is 0 Å². The summed E-state index contributed by atoms with van der Waals surface area (Å²) in [5, 5.41) is 27.6. The Morgan fingerprint density at radius 3 is 2.67 bits per heavy atom. The van der Waals surface area contributed by atoms with Crippen LogP contribution in [0.3, 0.4) is 0 Å². The summed E-state index contributed by atoms with van der Waals surface area (Å²) >= 11 is 0. The molecule has 1 aliphatic carbocycles. The standard InChI is InChI=1S/C37H53NO8/c1-21(2)14-25(6)33-26(7)31(38-42-8)19-36(46-33)18-29-17-28(45-36)13-12-23(4)15-22(3)10-9-11-27-20-43-34-32(39)24(5)16-30(35(40)44-29)37(27,34)41/h9-12,14,16,21-22,26,28-30,32-34,39,41H,13,15,17-20H2,1-8H3/b10-9+,23-12+,25-14+,27-11?,38-31+/t22-,26-,28+,29-,30+,32+,33+,34+,36-,37+/m0/s1. The van der Waals surface area contributed by atoms with Crippen molar-refractivity contribution in [3.63, 3.8) is 0 Å². The van der Waals surface area contributed by atoms with E-state index < -0.39 is 41.6 Å². The number of ether oxygens (including phenoxy) is 4. The molecule has 0 saturated carbocycles. The van der Waals surface area contributed by atoms with Gasteiger partial charge in [-0.3, -0.25) is 4.79 Å². The van der Waals surface area contributed by atoms with Gasteiger partial charge in [-0.15, -0.1) is 0 Å². The largest absolute Gasteiger partial charge is 0.462 e. The number of aliphatic hydroxyl groups excluding tert-OH is 1. The van der Waals surface area contributed by atoms with Gasteiger partial charge < -0.3 is 34.0 Å². The van der Waals surface area contributed by atoms with Crippen molar-refractivity contribution in [1.29, 1.82) is 0 Å². The fourth-order valence-corrected chi connectivity index (χ4v) is 7.94. The lowest BCUT2D eigenvalue weighted by Gasteiger charge is -2.50. The maximum Gasteiger partial charge on any atom is 0.316 e. The molecule has 0 aromatic carbocycles. The van der Waals surface area contributed by atoms with Gasteiger partial charge >= 0.3 is 5.97 Å². The molecule has 254 valence electrons. The summed E-state index contributed by atoms with van der Waals surface area (Å²) in [6.07, 6.45) is 11.4. The topological polar surface area (TPSA) is 116 Å². The van der Waals surface area contributed by atoms with Crippen LogP contribution in [-0.2, 0) is 28.6 Å². The molecule has 9 nitrogen and oxygen atoms in total. The van der Waals surface area contributed by atoms with Gasteiger partial charge in [-0.2, -0.15) is 0 Å². The summed E-state index contributed by atoms with van der Waals surface area (Å²) in [5.74, 6) is -2.15. The number of rotatable bonds is 3. The summed E-state index contributed by atoms with van der Waals surface area (Å²) in [5.41, 5.74) is 2.54. The summed E-state index contributed by atoms with van der Waals surface area (Å²) in [4.78, 5) is 19.4. The van der Waals surface area contributed by atoms with Crippen LogP contribution < -0.4 is 0 Å². The Bertz CT molecular complexity index is 1340. The zero-order chi connectivity index (χ0) is 33.4. The number of carbonyl (C=O) groups excluding carboxylic acids is 1. The Morgan fingerprint density at radius 1 is 1.20 bits per heavy atom. The van der Waals surface area contributed by atoms with E-state index in [2.05, 4.69) is 64.9 Å². The Labute approximate surface area is 274 Å². The van der Waals surface area contributed by atoms with Gasteiger partial charge in [0.15, 0.2) is 5.79 Å². The molecule has 0 amide bonds. The molecule has 3 saturated heterocycles. The molecular weight excluding hydrogens is 586 g/mol. The van der Waals surface area contributed by atoms with Gasteiger partial charge in [-0.05, 0) is 62.2 Å². The van der Waals surface area contributed by atoms with Gasteiger partial charge in [-0.1, -0.05) is 74.9 Å². The molecule has 0 aromatic heterocycles. The molecule has 4 aliphatic heterocycles. The zero-order valence-electron chi connectivity index (χ0n) is 28.7. The third-order valence-corrected chi connectivity index (χ3v) is 10.1. The molecule has 0 aromatic rings. The van der Waals surface area contributed by atoms with Crippen LogP contribution in [0.15, 0.2) is 63.9 Å². The number of carbonyl (C=O) groups is 1. The maximum atomic E-state index is 14.2. The molecule has 4 heterocycles. The second-order valence-electron chi connectivity index (χ2n) is 14.5. The third kappa shape index (κ3) is 6.99. The first-order valence-corrected chi connectivity index (χ1v) is 16.8. The van der Waals surface area contributed by atoms with Gasteiger partial charge in [0.2, 0.25) is 0 Å². The smallest absolute Gasteiger partial charge is 0.316 e. The summed E-state index contributed by atoms with van der Waals surface area (Å²) in [7, 11) is 1.55. The van der Waals surface area contributed by atoms with E-state index >= 15 is 0 Å². The number of aliphatic hydroxyl groups is 2. The Kier molecular flexibility index (Phi) is 10.5. The normalized spacial score (nSPS) is 43.4. The van der Waals surface area contributed by atoms with Gasteiger partial charge in [0.1, 0.15) is 36.9 Å². The molecular formula is C37H53NO8. The number of fused-ring (bicyclic) bond motifs is 2. The quantitative estimate of drug-likeness (QED) is 0.229. The van der Waals surface area contributed by atoms with Crippen LogP contribution in [0.25, 0.3) is 0 Å². The van der Waals surface area contributed by atoms with E-state index in [4.69, 9.17) is 23.8 Å². The first-order chi connectivity index (χ1) is 21.8. The minimum atomic E-state index is -1.74. The number of hydrogen-bond donors (Lipinski definition) is 2. The molecule has 0 radical (unpaired) electrons. The number of esters is 1. The molecule has 5 aliphatic rings. The molecule has 9 heteroatoms. The van der Waals surface area contributed by atoms with Crippen LogP contribution in [0, 0.1) is 23.7 Å². The van der Waals surface area contributed by atoms with Crippen molar-refractivity contribution in [3.05, 3.63) is 58.7 Å². The first-order valence-electron chi connectivity index (χ1n) is 16.8. The van der Waals surface area contributed by atoms with E-state index in [9.17, 15) is 15.0 Å². The van der Waals surface area contributed by atoms with E-state index in [1.807, 2.05) is 12.2 Å². The minimum absolute atomic E-state index is 0.0340. The lowest BCUT2D eigenvalue weighted by Crippen LogP contribution is -2.59. The van der Waals surface area contributed by atoms with Crippen molar-refractivity contribution in [3.8, 4) is 0 Å². The highest BCUT2D eigenvalue weighted by molar-refractivity contribution is 5.88. The van der Waals surface area contributed by atoms with Crippen molar-refractivity contribution in [2.24, 2.45) is 28.8 Å². The lowest BCUT2D eigenvalue weighted by molar-refractivity contribution is -0.313. The van der Waals surface area contributed by atoms with Crippen LogP contribution in [0.4, 0.5) is 0 Å². The molecule has 3 fully saturated rings. The molecule has 2 bridgehead atoms. The number of allylic oxidation sites excluding steroid dienone is 5. The van der Waals surface area contributed by atoms with E-state index in [1.54, 1.807) is 20.1 Å². The molecule has 5 rings (SSSR count). The third-order valence-electron chi connectivity index (χ3n) is 10.1. The summed E-state index contributed by atoms with van der Waals surface area (Å²) < 4.78 is 26.0. The van der Waals surface area contributed by atoms with Crippen molar-refractivity contribution < 1.29 is 38.8 Å².